The molecule has 0 amide bonds. The van der Waals surface area contributed by atoms with Crippen LogP contribution >= 0.6 is 0 Å². The first kappa shape index (κ1) is 16.8. The third-order valence-corrected chi connectivity index (χ3v) is 4.90. The lowest BCUT2D eigenvalue weighted by Crippen LogP contribution is -1.95. The van der Waals surface area contributed by atoms with Gasteiger partial charge in [0.25, 0.3) is 0 Å². The van der Waals surface area contributed by atoms with Gasteiger partial charge in [-0.15, -0.1) is 0 Å². The molecule has 1 aliphatic carbocycles. The molecule has 0 bridgehead atoms. The van der Waals surface area contributed by atoms with Crippen LogP contribution in [-0.4, -0.2) is 0 Å². The Kier molecular flexibility index (Phi) is 6.07. The van der Waals surface area contributed by atoms with E-state index in [1.807, 2.05) is 0 Å². The smallest absolute Gasteiger partial charge is 0.00884 e. The molecule has 124 valence electrons. The first-order valence-electron chi connectivity index (χ1n) is 9.38. The van der Waals surface area contributed by atoms with E-state index in [0.29, 0.717) is 0 Å². The van der Waals surface area contributed by atoms with Crippen molar-refractivity contribution < 1.29 is 0 Å². The maximum atomic E-state index is 2.31. The molecular weight excluding hydrogens is 288 g/mol. The van der Waals surface area contributed by atoms with Gasteiger partial charge in [-0.25, -0.2) is 0 Å². The number of benzene rings is 2. The van der Waals surface area contributed by atoms with E-state index in [-0.39, 0.29) is 0 Å². The van der Waals surface area contributed by atoms with E-state index >= 15 is 0 Å². The first-order valence-corrected chi connectivity index (χ1v) is 9.38. The molecule has 2 aromatic rings. The van der Waals surface area contributed by atoms with Crippen molar-refractivity contribution in [1.82, 2.24) is 0 Å². The molecule has 0 aliphatic heterocycles. The van der Waals surface area contributed by atoms with Gasteiger partial charge in [0.05, 0.1) is 0 Å². The average molecular weight is 316 g/mol. The molecule has 0 spiro atoms. The highest BCUT2D eigenvalue weighted by Crippen LogP contribution is 2.23. The molecule has 0 aromatic heterocycles. The Hall–Kier alpha value is -2.08. The van der Waals surface area contributed by atoms with Crippen molar-refractivity contribution in [1.29, 1.82) is 0 Å². The molecule has 0 saturated heterocycles. The summed E-state index contributed by atoms with van der Waals surface area (Å²) in [4.78, 5) is 0. The third-order valence-electron chi connectivity index (χ3n) is 4.90. The molecule has 0 nitrogen and oxygen atoms in total. The quantitative estimate of drug-likeness (QED) is 0.484. The summed E-state index contributed by atoms with van der Waals surface area (Å²) in [7, 11) is 0. The van der Waals surface area contributed by atoms with Crippen LogP contribution in [-0.2, 0) is 19.3 Å². The zero-order valence-electron chi connectivity index (χ0n) is 14.8. The normalized spacial score (nSPS) is 13.3. The molecule has 0 N–H and O–H groups in total. The minimum Gasteiger partial charge on any atom is -0.0801 e. The standard InChI is InChI=1S/C24H28/c1-2-9-21-11-5-6-13-22(21)12-4-3-10-20-16-18-24(19-17-20)23-14-7-8-15-23/h5-8,11,13-14,16-19H,2-4,9-10,12,15H2,1H3. The molecule has 0 radical (unpaired) electrons. The predicted octanol–water partition coefficient (Wildman–Crippen LogP) is 6.55. The first-order chi connectivity index (χ1) is 11.9. The third kappa shape index (κ3) is 4.47. The fourth-order valence-electron chi connectivity index (χ4n) is 3.51. The van der Waals surface area contributed by atoms with Gasteiger partial charge in [-0.3, -0.25) is 0 Å². The molecule has 2 aromatic carbocycles. The Morgan fingerprint density at radius 2 is 1.50 bits per heavy atom. The maximum absolute atomic E-state index is 2.31. The minimum atomic E-state index is 1.08. The molecule has 0 atom stereocenters. The maximum Gasteiger partial charge on any atom is -0.00884 e. The van der Waals surface area contributed by atoms with Gasteiger partial charge in [-0.1, -0.05) is 80.1 Å². The predicted molar refractivity (Wildman–Crippen MR) is 105 cm³/mol. The molecule has 24 heavy (non-hydrogen) atoms. The van der Waals surface area contributed by atoms with Gasteiger partial charge in [0.2, 0.25) is 0 Å². The molecule has 0 heterocycles. The van der Waals surface area contributed by atoms with Crippen molar-refractivity contribution in [3.63, 3.8) is 0 Å². The van der Waals surface area contributed by atoms with Gasteiger partial charge in [-0.05, 0) is 66.4 Å². The lowest BCUT2D eigenvalue weighted by Gasteiger charge is -2.09. The van der Waals surface area contributed by atoms with E-state index in [0.717, 1.165) is 6.42 Å². The summed E-state index contributed by atoms with van der Waals surface area (Å²) in [6.07, 6.45) is 15.1. The van der Waals surface area contributed by atoms with Crippen LogP contribution < -0.4 is 0 Å². The fourth-order valence-corrected chi connectivity index (χ4v) is 3.51. The lowest BCUT2D eigenvalue weighted by atomic mass is 9.97. The van der Waals surface area contributed by atoms with Crippen molar-refractivity contribution in [3.8, 4) is 0 Å². The molecule has 0 fully saturated rings. The van der Waals surface area contributed by atoms with Gasteiger partial charge in [0.1, 0.15) is 0 Å². The van der Waals surface area contributed by atoms with E-state index < -0.39 is 0 Å². The number of aryl methyl sites for hydroxylation is 3. The Bertz CT molecular complexity index is 701. The van der Waals surface area contributed by atoms with E-state index in [1.165, 1.54) is 55.2 Å². The largest absolute Gasteiger partial charge is 0.0801 e. The Morgan fingerprint density at radius 1 is 0.792 bits per heavy atom. The minimum absolute atomic E-state index is 1.08. The second kappa shape index (κ2) is 8.68. The van der Waals surface area contributed by atoms with Crippen LogP contribution in [0.15, 0.2) is 66.8 Å². The van der Waals surface area contributed by atoms with Gasteiger partial charge < -0.3 is 0 Å². The highest BCUT2D eigenvalue weighted by molar-refractivity contribution is 5.70. The topological polar surface area (TPSA) is 0 Å². The van der Waals surface area contributed by atoms with E-state index in [2.05, 4.69) is 73.7 Å². The number of hydrogen-bond donors (Lipinski definition) is 0. The highest BCUT2D eigenvalue weighted by Gasteiger charge is 2.04. The summed E-state index contributed by atoms with van der Waals surface area (Å²) < 4.78 is 0. The van der Waals surface area contributed by atoms with Gasteiger partial charge in [0.15, 0.2) is 0 Å². The monoisotopic (exact) mass is 316 g/mol. The lowest BCUT2D eigenvalue weighted by molar-refractivity contribution is 0.727. The molecular formula is C24H28. The molecule has 0 heteroatoms. The number of rotatable bonds is 8. The highest BCUT2D eigenvalue weighted by atomic mass is 14.1. The zero-order chi connectivity index (χ0) is 16.6. The van der Waals surface area contributed by atoms with Crippen LogP contribution in [0.3, 0.4) is 0 Å². The Labute approximate surface area is 146 Å². The van der Waals surface area contributed by atoms with Crippen molar-refractivity contribution >= 4 is 5.57 Å². The van der Waals surface area contributed by atoms with Crippen LogP contribution in [0, 0.1) is 0 Å². The van der Waals surface area contributed by atoms with E-state index in [1.54, 1.807) is 11.1 Å². The summed E-state index contributed by atoms with van der Waals surface area (Å²) in [6.45, 7) is 2.26. The Morgan fingerprint density at radius 3 is 2.17 bits per heavy atom. The van der Waals surface area contributed by atoms with Gasteiger partial charge in [-0.2, -0.15) is 0 Å². The van der Waals surface area contributed by atoms with Crippen LogP contribution in [0.1, 0.15) is 54.9 Å². The molecule has 0 saturated carbocycles. The second-order valence-electron chi connectivity index (χ2n) is 6.75. The van der Waals surface area contributed by atoms with Crippen molar-refractivity contribution in [2.24, 2.45) is 0 Å². The van der Waals surface area contributed by atoms with Crippen LogP contribution in [0.5, 0.6) is 0 Å². The second-order valence-corrected chi connectivity index (χ2v) is 6.75. The summed E-state index contributed by atoms with van der Waals surface area (Å²) in [5.74, 6) is 0. The van der Waals surface area contributed by atoms with Crippen molar-refractivity contribution in [2.75, 3.05) is 0 Å². The van der Waals surface area contributed by atoms with Gasteiger partial charge >= 0.3 is 0 Å². The molecule has 0 unspecified atom stereocenters. The summed E-state index contributed by atoms with van der Waals surface area (Å²) in [5, 5.41) is 0. The molecule has 1 aliphatic rings. The molecule has 3 rings (SSSR count). The summed E-state index contributed by atoms with van der Waals surface area (Å²) in [6, 6.07) is 18.1. The van der Waals surface area contributed by atoms with Gasteiger partial charge in [0, 0.05) is 0 Å². The number of unbranched alkanes of at least 4 members (excludes halogenated alkanes) is 1. The summed E-state index contributed by atoms with van der Waals surface area (Å²) >= 11 is 0. The average Bonchev–Trinajstić information content (AvgIpc) is 3.15. The zero-order valence-corrected chi connectivity index (χ0v) is 14.8. The van der Waals surface area contributed by atoms with E-state index in [4.69, 9.17) is 0 Å². The fraction of sp³-hybridized carbons (Fsp3) is 0.333. The summed E-state index contributed by atoms with van der Waals surface area (Å²) in [5.41, 5.74) is 7.37. The van der Waals surface area contributed by atoms with Crippen LogP contribution in [0.25, 0.3) is 5.57 Å². The van der Waals surface area contributed by atoms with Crippen molar-refractivity contribution in [2.45, 2.75) is 51.9 Å². The van der Waals surface area contributed by atoms with Crippen molar-refractivity contribution in [3.05, 3.63) is 89.0 Å². The Balaban J connectivity index is 1.47. The SMILES string of the molecule is CCCc1ccccc1CCCCc1ccc(C2=CC=CC2)cc1. The van der Waals surface area contributed by atoms with E-state index in [9.17, 15) is 0 Å². The number of hydrogen-bond acceptors (Lipinski definition) is 0. The number of allylic oxidation sites excluding steroid dienone is 4. The van der Waals surface area contributed by atoms with Crippen LogP contribution in [0.2, 0.25) is 0 Å². The van der Waals surface area contributed by atoms with Crippen LogP contribution in [0.4, 0.5) is 0 Å².